The maximum absolute atomic E-state index is 11.5. The minimum absolute atomic E-state index is 0.0153. The summed E-state index contributed by atoms with van der Waals surface area (Å²) in [6.45, 7) is 12.8. The van der Waals surface area contributed by atoms with Gasteiger partial charge in [0, 0.05) is 44.5 Å². The number of carbonyl (C=O) groups is 1. The monoisotopic (exact) mass is 358 g/mol. The van der Waals surface area contributed by atoms with E-state index in [-0.39, 0.29) is 6.03 Å². The molecule has 3 rings (SSSR count). The molecule has 26 heavy (non-hydrogen) atoms. The van der Waals surface area contributed by atoms with E-state index in [1.807, 2.05) is 6.92 Å². The van der Waals surface area contributed by atoms with Crippen molar-refractivity contribution in [2.45, 2.75) is 46.1 Å². The van der Waals surface area contributed by atoms with Gasteiger partial charge in [-0.2, -0.15) is 0 Å². The third kappa shape index (κ3) is 4.70. The van der Waals surface area contributed by atoms with Gasteiger partial charge in [0.1, 0.15) is 0 Å². The van der Waals surface area contributed by atoms with E-state index in [1.165, 1.54) is 29.8 Å². The highest BCUT2D eigenvalue weighted by Gasteiger charge is 2.30. The highest BCUT2D eigenvalue weighted by atomic mass is 16.2. The quantitative estimate of drug-likeness (QED) is 0.822. The zero-order chi connectivity index (χ0) is 18.5. The number of nitrogens with one attached hydrogen (secondary N) is 2. The highest BCUT2D eigenvalue weighted by Crippen LogP contribution is 2.31. The fourth-order valence-electron chi connectivity index (χ4n) is 4.14. The summed E-state index contributed by atoms with van der Waals surface area (Å²) in [5.74, 6) is 0.777. The molecule has 144 valence electrons. The number of piperazine rings is 1. The van der Waals surface area contributed by atoms with Gasteiger partial charge in [0.15, 0.2) is 0 Å². The molecule has 0 atom stereocenters. The van der Waals surface area contributed by atoms with E-state index in [4.69, 9.17) is 0 Å². The van der Waals surface area contributed by atoms with Gasteiger partial charge in [-0.05, 0) is 69.7 Å². The van der Waals surface area contributed by atoms with E-state index in [0.29, 0.717) is 12.6 Å². The summed E-state index contributed by atoms with van der Waals surface area (Å²) in [4.78, 5) is 16.7. The van der Waals surface area contributed by atoms with Gasteiger partial charge in [-0.15, -0.1) is 0 Å². The van der Waals surface area contributed by atoms with Crippen molar-refractivity contribution in [1.82, 2.24) is 15.5 Å². The molecule has 1 aliphatic carbocycles. The Morgan fingerprint density at radius 3 is 2.58 bits per heavy atom. The Balaban J connectivity index is 1.34. The first-order valence-corrected chi connectivity index (χ1v) is 10.1. The number of nitrogens with zero attached hydrogens (tertiary/aromatic N) is 2. The molecule has 5 nitrogen and oxygen atoms in total. The molecule has 2 aliphatic rings. The van der Waals surface area contributed by atoms with Crippen LogP contribution in [0.3, 0.4) is 0 Å². The summed E-state index contributed by atoms with van der Waals surface area (Å²) in [6.07, 6.45) is 3.54. The molecule has 2 N–H and O–H groups in total. The number of urea groups is 1. The van der Waals surface area contributed by atoms with E-state index in [9.17, 15) is 4.79 Å². The normalized spacial score (nSPS) is 23.4. The summed E-state index contributed by atoms with van der Waals surface area (Å²) in [6, 6.07) is 6.99. The number of rotatable bonds is 6. The number of aryl methyl sites for hydroxylation is 1. The minimum Gasteiger partial charge on any atom is -0.369 e. The topological polar surface area (TPSA) is 47.6 Å². The zero-order valence-electron chi connectivity index (χ0n) is 16.6. The average molecular weight is 359 g/mol. The van der Waals surface area contributed by atoms with Gasteiger partial charge in [0.05, 0.1) is 0 Å². The van der Waals surface area contributed by atoms with Crippen molar-refractivity contribution < 1.29 is 4.79 Å². The molecule has 1 heterocycles. The lowest BCUT2D eigenvalue weighted by atomic mass is 9.78. The number of carbonyl (C=O) groups excluding carboxylic acids is 1. The molecule has 2 fully saturated rings. The second kappa shape index (κ2) is 8.76. The Morgan fingerprint density at radius 2 is 1.88 bits per heavy atom. The van der Waals surface area contributed by atoms with Crippen LogP contribution in [0.5, 0.6) is 0 Å². The van der Waals surface area contributed by atoms with E-state index >= 15 is 0 Å². The lowest BCUT2D eigenvalue weighted by molar-refractivity contribution is 0.169. The summed E-state index contributed by atoms with van der Waals surface area (Å²) in [5.41, 5.74) is 4.20. The molecule has 0 aromatic heterocycles. The number of hydrogen-bond acceptors (Lipinski definition) is 3. The summed E-state index contributed by atoms with van der Waals surface area (Å²) in [5, 5.41) is 5.85. The van der Waals surface area contributed by atoms with Gasteiger partial charge in [-0.1, -0.05) is 12.1 Å². The molecule has 0 unspecified atom stereocenters. The first kappa shape index (κ1) is 19.0. The van der Waals surface area contributed by atoms with Crippen molar-refractivity contribution in [3.05, 3.63) is 29.3 Å². The summed E-state index contributed by atoms with van der Waals surface area (Å²) < 4.78 is 0. The van der Waals surface area contributed by atoms with Crippen LogP contribution in [-0.2, 0) is 0 Å². The Morgan fingerprint density at radius 1 is 1.15 bits per heavy atom. The lowest BCUT2D eigenvalue weighted by Crippen LogP contribution is -2.50. The van der Waals surface area contributed by atoms with Crippen LogP contribution < -0.4 is 15.5 Å². The number of amides is 2. The summed E-state index contributed by atoms with van der Waals surface area (Å²) in [7, 11) is 0. The van der Waals surface area contributed by atoms with Crippen molar-refractivity contribution in [1.29, 1.82) is 0 Å². The van der Waals surface area contributed by atoms with Crippen molar-refractivity contribution in [3.63, 3.8) is 0 Å². The Hall–Kier alpha value is -1.75. The van der Waals surface area contributed by atoms with E-state index in [1.54, 1.807) is 0 Å². The Kier molecular flexibility index (Phi) is 6.41. The molecular weight excluding hydrogens is 324 g/mol. The summed E-state index contributed by atoms with van der Waals surface area (Å²) >= 11 is 0. The third-order valence-electron chi connectivity index (χ3n) is 6.05. The molecule has 1 aliphatic heterocycles. The molecule has 0 bridgehead atoms. The largest absolute Gasteiger partial charge is 0.369 e. The van der Waals surface area contributed by atoms with Crippen molar-refractivity contribution in [2.75, 3.05) is 44.2 Å². The standard InChI is InChI=1S/C21H34N4O/c1-4-22-21(26)23-19-14-18(15-19)8-9-24-10-12-25(13-11-24)20-7-5-6-16(2)17(20)3/h5-7,18-19H,4,8-15H2,1-3H3,(H2,22,23,26). The van der Waals surface area contributed by atoms with Gasteiger partial charge < -0.3 is 15.5 Å². The molecule has 0 radical (unpaired) electrons. The van der Waals surface area contributed by atoms with Crippen molar-refractivity contribution in [2.24, 2.45) is 5.92 Å². The minimum atomic E-state index is -0.0153. The van der Waals surface area contributed by atoms with Crippen LogP contribution in [0.25, 0.3) is 0 Å². The van der Waals surface area contributed by atoms with Crippen LogP contribution in [0.1, 0.15) is 37.3 Å². The first-order valence-electron chi connectivity index (χ1n) is 10.1. The van der Waals surface area contributed by atoms with Gasteiger partial charge in [0.25, 0.3) is 0 Å². The maximum atomic E-state index is 11.5. The van der Waals surface area contributed by atoms with Gasteiger partial charge in [0.2, 0.25) is 0 Å². The predicted octanol–water partition coefficient (Wildman–Crippen LogP) is 2.91. The van der Waals surface area contributed by atoms with Crippen LogP contribution >= 0.6 is 0 Å². The second-order valence-electron chi connectivity index (χ2n) is 7.87. The van der Waals surface area contributed by atoms with E-state index in [2.05, 4.69) is 52.5 Å². The molecule has 2 amide bonds. The number of anilines is 1. The lowest BCUT2D eigenvalue weighted by Gasteiger charge is -2.40. The average Bonchev–Trinajstić information content (AvgIpc) is 2.60. The molecule has 0 spiro atoms. The first-order chi connectivity index (χ1) is 12.6. The third-order valence-corrected chi connectivity index (χ3v) is 6.05. The van der Waals surface area contributed by atoms with Gasteiger partial charge >= 0.3 is 6.03 Å². The number of hydrogen-bond donors (Lipinski definition) is 2. The smallest absolute Gasteiger partial charge is 0.314 e. The van der Waals surface area contributed by atoms with Crippen LogP contribution in [0, 0.1) is 19.8 Å². The molecule has 5 heteroatoms. The SMILES string of the molecule is CCNC(=O)NC1CC(CCN2CCN(c3cccc(C)c3C)CC2)C1. The Labute approximate surface area is 158 Å². The number of benzene rings is 1. The van der Waals surface area contributed by atoms with Crippen molar-refractivity contribution in [3.8, 4) is 0 Å². The van der Waals surface area contributed by atoms with Crippen LogP contribution in [0.4, 0.5) is 10.5 Å². The van der Waals surface area contributed by atoms with Crippen LogP contribution in [0.2, 0.25) is 0 Å². The van der Waals surface area contributed by atoms with Gasteiger partial charge in [-0.3, -0.25) is 4.90 Å². The van der Waals surface area contributed by atoms with E-state index in [0.717, 1.165) is 44.9 Å². The molecule has 1 aromatic carbocycles. The maximum Gasteiger partial charge on any atom is 0.314 e. The van der Waals surface area contributed by atoms with Crippen LogP contribution in [0.15, 0.2) is 18.2 Å². The van der Waals surface area contributed by atoms with Crippen molar-refractivity contribution >= 4 is 11.7 Å². The van der Waals surface area contributed by atoms with Crippen LogP contribution in [-0.4, -0.2) is 56.2 Å². The van der Waals surface area contributed by atoms with Gasteiger partial charge in [-0.25, -0.2) is 4.79 Å². The zero-order valence-corrected chi connectivity index (χ0v) is 16.6. The van der Waals surface area contributed by atoms with E-state index < -0.39 is 0 Å². The second-order valence-corrected chi connectivity index (χ2v) is 7.87. The molecular formula is C21H34N4O. The molecule has 1 aromatic rings. The molecule has 1 saturated heterocycles. The Bertz CT molecular complexity index is 604. The fraction of sp³-hybridized carbons (Fsp3) is 0.667. The fourth-order valence-corrected chi connectivity index (χ4v) is 4.14. The highest BCUT2D eigenvalue weighted by molar-refractivity contribution is 5.74. The predicted molar refractivity (Wildman–Crippen MR) is 108 cm³/mol. The molecule has 1 saturated carbocycles.